The molecule has 0 amide bonds. The summed E-state index contributed by atoms with van der Waals surface area (Å²) in [6.07, 6.45) is 1.33. The predicted octanol–water partition coefficient (Wildman–Crippen LogP) is 2.47. The van der Waals surface area contributed by atoms with Crippen molar-refractivity contribution in [3.63, 3.8) is 0 Å². The van der Waals surface area contributed by atoms with Crippen LogP contribution in [0.3, 0.4) is 0 Å². The van der Waals surface area contributed by atoms with Gasteiger partial charge in [0, 0.05) is 0 Å². The van der Waals surface area contributed by atoms with Crippen LogP contribution in [-0.4, -0.2) is 5.11 Å². The minimum Gasteiger partial charge on any atom is -0.388 e. The Hall–Kier alpha value is -1.33. The summed E-state index contributed by atoms with van der Waals surface area (Å²) >= 11 is 0. The topological polar surface area (TPSA) is 44.0 Å². The predicted molar refractivity (Wildman–Crippen MR) is 58.4 cm³/mol. The second kappa shape index (κ2) is 3.36. The molecular formula is C13H15NO. The van der Waals surface area contributed by atoms with Crippen molar-refractivity contribution < 1.29 is 5.11 Å². The van der Waals surface area contributed by atoms with E-state index in [1.54, 1.807) is 0 Å². The molecule has 0 spiro atoms. The van der Waals surface area contributed by atoms with E-state index in [2.05, 4.69) is 6.07 Å². The first kappa shape index (κ1) is 10.2. The van der Waals surface area contributed by atoms with E-state index in [1.807, 2.05) is 32.0 Å². The second-order valence-corrected chi connectivity index (χ2v) is 4.66. The zero-order chi connectivity index (χ0) is 11.1. The molecule has 0 heterocycles. The molecular weight excluding hydrogens is 186 g/mol. The maximum Gasteiger partial charge on any atom is 0.0796 e. The summed E-state index contributed by atoms with van der Waals surface area (Å²) in [7, 11) is 0. The van der Waals surface area contributed by atoms with Crippen LogP contribution in [0.25, 0.3) is 0 Å². The lowest BCUT2D eigenvalue weighted by Crippen LogP contribution is -2.16. The minimum atomic E-state index is -0.463. The molecule has 1 aromatic rings. The van der Waals surface area contributed by atoms with Gasteiger partial charge in [0.15, 0.2) is 0 Å². The summed E-state index contributed by atoms with van der Waals surface area (Å²) in [5.41, 5.74) is 2.79. The van der Waals surface area contributed by atoms with Crippen LogP contribution in [0.15, 0.2) is 18.2 Å². The van der Waals surface area contributed by atoms with Crippen LogP contribution in [0.2, 0.25) is 0 Å². The number of aliphatic hydroxyl groups excluding tert-OH is 1. The summed E-state index contributed by atoms with van der Waals surface area (Å²) in [5.74, 6) is 0. The zero-order valence-electron chi connectivity index (χ0n) is 9.12. The second-order valence-electron chi connectivity index (χ2n) is 4.66. The van der Waals surface area contributed by atoms with Crippen molar-refractivity contribution in [2.45, 2.75) is 38.2 Å². The largest absolute Gasteiger partial charge is 0.388 e. The maximum atomic E-state index is 9.76. The minimum absolute atomic E-state index is 0.338. The highest BCUT2D eigenvalue weighted by atomic mass is 16.3. The van der Waals surface area contributed by atoms with Crippen LogP contribution in [0, 0.1) is 11.3 Å². The van der Waals surface area contributed by atoms with Crippen LogP contribution in [-0.2, 0) is 11.8 Å². The standard InChI is InChI=1S/C13H15NO/c1-13(2,8-14)11-5-3-4-10-9(11)6-7-12(10)15/h3-5,12,15H,6-7H2,1-2H3/t12-/m0/s1. The fourth-order valence-corrected chi connectivity index (χ4v) is 2.28. The molecule has 0 fully saturated rings. The van der Waals surface area contributed by atoms with Crippen molar-refractivity contribution in [3.05, 3.63) is 34.9 Å². The molecule has 0 aromatic heterocycles. The SMILES string of the molecule is CC(C)(C#N)c1cccc2c1CC[C@@H]2O. The quantitative estimate of drug-likeness (QED) is 0.758. The molecule has 1 aromatic carbocycles. The molecule has 15 heavy (non-hydrogen) atoms. The van der Waals surface area contributed by atoms with E-state index in [0.29, 0.717) is 0 Å². The summed E-state index contributed by atoms with van der Waals surface area (Å²) in [4.78, 5) is 0. The van der Waals surface area contributed by atoms with Gasteiger partial charge in [-0.2, -0.15) is 5.26 Å². The highest BCUT2D eigenvalue weighted by molar-refractivity contribution is 5.45. The molecule has 1 aliphatic rings. The Kier molecular flexibility index (Phi) is 2.28. The number of benzene rings is 1. The fourth-order valence-electron chi connectivity index (χ4n) is 2.28. The molecule has 0 unspecified atom stereocenters. The molecule has 2 rings (SSSR count). The Bertz CT molecular complexity index is 429. The summed E-state index contributed by atoms with van der Waals surface area (Å²) in [5, 5.41) is 18.9. The molecule has 1 atom stereocenters. The monoisotopic (exact) mass is 201 g/mol. The number of hydrogen-bond donors (Lipinski definition) is 1. The Morgan fingerprint density at radius 3 is 2.87 bits per heavy atom. The van der Waals surface area contributed by atoms with Crippen LogP contribution in [0.4, 0.5) is 0 Å². The van der Waals surface area contributed by atoms with Gasteiger partial charge < -0.3 is 5.11 Å². The third-order valence-corrected chi connectivity index (χ3v) is 3.19. The van der Waals surface area contributed by atoms with Crippen LogP contribution in [0.1, 0.15) is 43.1 Å². The molecule has 0 saturated carbocycles. The lowest BCUT2D eigenvalue weighted by molar-refractivity contribution is 0.180. The van der Waals surface area contributed by atoms with Gasteiger partial charge in [0.25, 0.3) is 0 Å². The summed E-state index contributed by atoms with van der Waals surface area (Å²) < 4.78 is 0. The summed E-state index contributed by atoms with van der Waals surface area (Å²) in [6, 6.07) is 8.22. The lowest BCUT2D eigenvalue weighted by atomic mass is 9.82. The van der Waals surface area contributed by atoms with E-state index in [1.165, 1.54) is 5.56 Å². The molecule has 78 valence electrons. The number of fused-ring (bicyclic) bond motifs is 1. The first-order valence-corrected chi connectivity index (χ1v) is 5.28. The van der Waals surface area contributed by atoms with E-state index in [4.69, 9.17) is 5.26 Å². The van der Waals surface area contributed by atoms with Crippen molar-refractivity contribution in [1.29, 1.82) is 5.26 Å². The van der Waals surface area contributed by atoms with Gasteiger partial charge in [-0.15, -0.1) is 0 Å². The van der Waals surface area contributed by atoms with Gasteiger partial charge in [0.05, 0.1) is 17.6 Å². The molecule has 0 bridgehead atoms. The van der Waals surface area contributed by atoms with Gasteiger partial charge in [-0.1, -0.05) is 18.2 Å². The molecule has 0 saturated heterocycles. The molecule has 2 heteroatoms. The van der Waals surface area contributed by atoms with Crippen molar-refractivity contribution >= 4 is 0 Å². The smallest absolute Gasteiger partial charge is 0.0796 e. The highest BCUT2D eigenvalue weighted by Gasteiger charge is 2.29. The Morgan fingerprint density at radius 2 is 2.20 bits per heavy atom. The zero-order valence-corrected chi connectivity index (χ0v) is 9.12. The number of nitriles is 1. The molecule has 1 aliphatic carbocycles. The van der Waals surface area contributed by atoms with Crippen molar-refractivity contribution in [1.82, 2.24) is 0 Å². The first-order chi connectivity index (χ1) is 7.06. The average molecular weight is 201 g/mol. The molecule has 0 aliphatic heterocycles. The van der Waals surface area contributed by atoms with Gasteiger partial charge in [0.1, 0.15) is 0 Å². The maximum absolute atomic E-state index is 9.76. The highest BCUT2D eigenvalue weighted by Crippen LogP contribution is 2.37. The van der Waals surface area contributed by atoms with Crippen LogP contribution >= 0.6 is 0 Å². The van der Waals surface area contributed by atoms with E-state index in [-0.39, 0.29) is 6.10 Å². The first-order valence-electron chi connectivity index (χ1n) is 5.28. The van der Waals surface area contributed by atoms with Gasteiger partial charge in [-0.05, 0) is 43.4 Å². The van der Waals surface area contributed by atoms with Crippen molar-refractivity contribution in [2.75, 3.05) is 0 Å². The van der Waals surface area contributed by atoms with Crippen molar-refractivity contribution in [3.8, 4) is 6.07 Å². The third-order valence-electron chi connectivity index (χ3n) is 3.19. The average Bonchev–Trinajstić information content (AvgIpc) is 2.60. The Morgan fingerprint density at radius 1 is 1.47 bits per heavy atom. The van der Waals surface area contributed by atoms with E-state index in [9.17, 15) is 5.11 Å². The molecule has 0 radical (unpaired) electrons. The third kappa shape index (κ3) is 1.53. The van der Waals surface area contributed by atoms with Gasteiger partial charge in [-0.25, -0.2) is 0 Å². The fraction of sp³-hybridized carbons (Fsp3) is 0.462. The normalized spacial score (nSPS) is 19.7. The Labute approximate surface area is 90.2 Å². The number of nitrogens with zero attached hydrogens (tertiary/aromatic N) is 1. The van der Waals surface area contributed by atoms with E-state index >= 15 is 0 Å². The lowest BCUT2D eigenvalue weighted by Gasteiger charge is -2.19. The Balaban J connectivity index is 2.57. The number of rotatable bonds is 1. The number of aliphatic hydroxyl groups is 1. The van der Waals surface area contributed by atoms with Gasteiger partial charge in [-0.3, -0.25) is 0 Å². The van der Waals surface area contributed by atoms with Gasteiger partial charge in [0.2, 0.25) is 0 Å². The molecule has 2 nitrogen and oxygen atoms in total. The van der Waals surface area contributed by atoms with Crippen LogP contribution in [0.5, 0.6) is 0 Å². The van der Waals surface area contributed by atoms with E-state index in [0.717, 1.165) is 24.0 Å². The van der Waals surface area contributed by atoms with E-state index < -0.39 is 5.41 Å². The van der Waals surface area contributed by atoms with Crippen LogP contribution < -0.4 is 0 Å². The number of hydrogen-bond acceptors (Lipinski definition) is 2. The summed E-state index contributed by atoms with van der Waals surface area (Å²) in [6.45, 7) is 3.85. The molecule has 1 N–H and O–H groups in total. The van der Waals surface area contributed by atoms with Gasteiger partial charge >= 0.3 is 0 Å². The van der Waals surface area contributed by atoms with Crippen molar-refractivity contribution in [2.24, 2.45) is 0 Å².